The molecule has 1 aromatic carbocycles. The van der Waals surface area contributed by atoms with Crippen molar-refractivity contribution in [2.24, 2.45) is 0 Å². The second-order valence-electron chi connectivity index (χ2n) is 4.05. The third kappa shape index (κ3) is 6.37. The molecular weight excluding hydrogens is 353 g/mol. The number of halogens is 3. The highest BCUT2D eigenvalue weighted by Gasteiger charge is 2.10. The first-order valence-electron chi connectivity index (χ1n) is 6.26. The fraction of sp³-hybridized carbons (Fsp3) is 0.538. The molecular formula is C13H18BrClFNO3. The lowest BCUT2D eigenvalue weighted by Crippen LogP contribution is -2.26. The van der Waals surface area contributed by atoms with Crippen LogP contribution in [0.5, 0.6) is 0 Å². The van der Waals surface area contributed by atoms with Crippen LogP contribution in [0.25, 0.3) is 0 Å². The predicted octanol–water partition coefficient (Wildman–Crippen LogP) is 3.07. The molecule has 114 valence electrons. The van der Waals surface area contributed by atoms with Crippen LogP contribution >= 0.6 is 27.5 Å². The van der Waals surface area contributed by atoms with Gasteiger partial charge in [-0.1, -0.05) is 11.6 Å². The van der Waals surface area contributed by atoms with Gasteiger partial charge < -0.3 is 19.9 Å². The lowest BCUT2D eigenvalue weighted by molar-refractivity contribution is 0.0103. The molecule has 0 fully saturated rings. The highest BCUT2D eigenvalue weighted by Crippen LogP contribution is 2.31. The van der Waals surface area contributed by atoms with Crippen molar-refractivity contribution in [2.75, 3.05) is 38.3 Å². The van der Waals surface area contributed by atoms with Crippen molar-refractivity contribution in [3.8, 4) is 0 Å². The van der Waals surface area contributed by atoms with E-state index in [1.54, 1.807) is 0 Å². The molecule has 0 radical (unpaired) electrons. The van der Waals surface area contributed by atoms with Crippen LogP contribution in [0.15, 0.2) is 16.6 Å². The number of aliphatic hydroxyl groups excluding tert-OH is 1. The molecule has 0 aliphatic rings. The van der Waals surface area contributed by atoms with E-state index in [0.717, 1.165) is 0 Å². The first-order valence-corrected chi connectivity index (χ1v) is 7.43. The summed E-state index contributed by atoms with van der Waals surface area (Å²) in [6, 6.07) is 2.51. The number of hydrogen-bond donors (Lipinski definition) is 2. The van der Waals surface area contributed by atoms with E-state index in [1.807, 2.05) is 6.92 Å². The van der Waals surface area contributed by atoms with E-state index < -0.39 is 11.9 Å². The summed E-state index contributed by atoms with van der Waals surface area (Å²) in [5, 5.41) is 12.9. The van der Waals surface area contributed by atoms with Crippen LogP contribution in [-0.2, 0) is 9.47 Å². The van der Waals surface area contributed by atoms with E-state index in [4.69, 9.17) is 21.1 Å². The van der Waals surface area contributed by atoms with Gasteiger partial charge in [0.2, 0.25) is 0 Å². The third-order valence-corrected chi connectivity index (χ3v) is 3.33. The van der Waals surface area contributed by atoms with Gasteiger partial charge in [-0.05, 0) is 35.0 Å². The monoisotopic (exact) mass is 369 g/mol. The fourth-order valence-electron chi connectivity index (χ4n) is 1.47. The van der Waals surface area contributed by atoms with Gasteiger partial charge in [-0.3, -0.25) is 0 Å². The fourth-order valence-corrected chi connectivity index (χ4v) is 2.43. The minimum Gasteiger partial charge on any atom is -0.389 e. The zero-order valence-corrected chi connectivity index (χ0v) is 13.5. The summed E-state index contributed by atoms with van der Waals surface area (Å²) >= 11 is 9.13. The Bertz CT molecular complexity index is 400. The van der Waals surface area contributed by atoms with Crippen molar-refractivity contribution in [2.45, 2.75) is 13.0 Å². The van der Waals surface area contributed by atoms with Gasteiger partial charge in [0.15, 0.2) is 0 Å². The lowest BCUT2D eigenvalue weighted by atomic mass is 10.3. The highest BCUT2D eigenvalue weighted by molar-refractivity contribution is 9.10. The Hall–Kier alpha value is -0.400. The minimum atomic E-state index is -0.690. The van der Waals surface area contributed by atoms with Crippen LogP contribution in [0.4, 0.5) is 10.1 Å². The Balaban J connectivity index is 2.32. The van der Waals surface area contributed by atoms with Crippen molar-refractivity contribution >= 4 is 33.2 Å². The van der Waals surface area contributed by atoms with Gasteiger partial charge in [-0.15, -0.1) is 0 Å². The van der Waals surface area contributed by atoms with Crippen LogP contribution in [0.3, 0.4) is 0 Å². The average molecular weight is 371 g/mol. The topological polar surface area (TPSA) is 50.7 Å². The summed E-state index contributed by atoms with van der Waals surface area (Å²) in [5.41, 5.74) is 0.543. The minimum absolute atomic E-state index is 0.191. The number of aliphatic hydroxyl groups is 1. The SMILES string of the molecule is CCOCCOCC(O)CNc1c(Cl)cc(F)cc1Br. The Morgan fingerprint density at radius 1 is 1.40 bits per heavy atom. The van der Waals surface area contributed by atoms with E-state index >= 15 is 0 Å². The summed E-state index contributed by atoms with van der Waals surface area (Å²) < 4.78 is 23.9. The van der Waals surface area contributed by atoms with Gasteiger partial charge >= 0.3 is 0 Å². The quantitative estimate of drug-likeness (QED) is 0.656. The van der Waals surface area contributed by atoms with Crippen LogP contribution in [-0.4, -0.2) is 44.2 Å². The number of anilines is 1. The molecule has 7 heteroatoms. The van der Waals surface area contributed by atoms with E-state index in [9.17, 15) is 9.50 Å². The van der Waals surface area contributed by atoms with Gasteiger partial charge in [0, 0.05) is 17.6 Å². The molecule has 0 saturated carbocycles. The van der Waals surface area contributed by atoms with Gasteiger partial charge in [-0.2, -0.15) is 0 Å². The van der Waals surface area contributed by atoms with Gasteiger partial charge in [-0.25, -0.2) is 4.39 Å². The highest BCUT2D eigenvalue weighted by atomic mass is 79.9. The second kappa shape index (κ2) is 9.52. The molecule has 1 unspecified atom stereocenters. The smallest absolute Gasteiger partial charge is 0.125 e. The molecule has 4 nitrogen and oxygen atoms in total. The second-order valence-corrected chi connectivity index (χ2v) is 5.31. The molecule has 0 heterocycles. The zero-order valence-electron chi connectivity index (χ0n) is 11.2. The molecule has 0 amide bonds. The van der Waals surface area contributed by atoms with Gasteiger partial charge in [0.05, 0.1) is 36.6 Å². The normalized spacial score (nSPS) is 12.4. The summed E-state index contributed by atoms with van der Waals surface area (Å²) in [7, 11) is 0. The molecule has 0 spiro atoms. The summed E-state index contributed by atoms with van der Waals surface area (Å²) in [6.07, 6.45) is -0.690. The lowest BCUT2D eigenvalue weighted by Gasteiger charge is -2.15. The van der Waals surface area contributed by atoms with Gasteiger partial charge in [0.25, 0.3) is 0 Å². The van der Waals surface area contributed by atoms with Crippen molar-refractivity contribution in [3.05, 3.63) is 27.4 Å². The predicted molar refractivity (Wildman–Crippen MR) is 80.9 cm³/mol. The number of rotatable bonds is 9. The molecule has 0 aromatic heterocycles. The van der Waals surface area contributed by atoms with E-state index in [1.165, 1.54) is 12.1 Å². The maximum Gasteiger partial charge on any atom is 0.125 e. The standard InChI is InChI=1S/C13H18BrClFNO3/c1-2-19-3-4-20-8-10(18)7-17-13-11(14)5-9(16)6-12(13)15/h5-6,10,17-18H,2-4,7-8H2,1H3. The van der Waals surface area contributed by atoms with Crippen molar-refractivity contribution < 1.29 is 19.0 Å². The van der Waals surface area contributed by atoms with Crippen LogP contribution in [0.2, 0.25) is 5.02 Å². The Labute approximate surface area is 131 Å². The summed E-state index contributed by atoms with van der Waals surface area (Å²) in [5.74, 6) is -0.424. The molecule has 1 rings (SSSR count). The molecule has 0 aliphatic carbocycles. The number of benzene rings is 1. The van der Waals surface area contributed by atoms with E-state index in [2.05, 4.69) is 21.2 Å². The Kier molecular flexibility index (Phi) is 8.40. The largest absolute Gasteiger partial charge is 0.389 e. The molecule has 1 atom stereocenters. The Morgan fingerprint density at radius 2 is 2.10 bits per heavy atom. The maximum absolute atomic E-state index is 13.1. The number of hydrogen-bond acceptors (Lipinski definition) is 4. The van der Waals surface area contributed by atoms with Crippen molar-refractivity contribution in [3.63, 3.8) is 0 Å². The third-order valence-electron chi connectivity index (χ3n) is 2.41. The van der Waals surface area contributed by atoms with Crippen molar-refractivity contribution in [1.82, 2.24) is 0 Å². The van der Waals surface area contributed by atoms with Gasteiger partial charge in [0.1, 0.15) is 5.82 Å². The molecule has 0 bridgehead atoms. The Morgan fingerprint density at radius 3 is 2.75 bits per heavy atom. The summed E-state index contributed by atoms with van der Waals surface area (Å²) in [6.45, 7) is 3.93. The van der Waals surface area contributed by atoms with Crippen molar-refractivity contribution in [1.29, 1.82) is 0 Å². The van der Waals surface area contributed by atoms with Crippen LogP contribution in [0, 0.1) is 5.82 Å². The van der Waals surface area contributed by atoms with Crippen LogP contribution < -0.4 is 5.32 Å². The first-order chi connectivity index (χ1) is 9.54. The maximum atomic E-state index is 13.1. The average Bonchev–Trinajstić information content (AvgIpc) is 2.37. The molecule has 2 N–H and O–H groups in total. The molecule has 0 aliphatic heterocycles. The molecule has 20 heavy (non-hydrogen) atoms. The zero-order chi connectivity index (χ0) is 15.0. The molecule has 0 saturated heterocycles. The van der Waals surface area contributed by atoms with E-state index in [0.29, 0.717) is 30.0 Å². The van der Waals surface area contributed by atoms with E-state index in [-0.39, 0.29) is 18.2 Å². The van der Waals surface area contributed by atoms with Crippen LogP contribution in [0.1, 0.15) is 6.92 Å². The number of ether oxygens (including phenoxy) is 2. The summed E-state index contributed by atoms with van der Waals surface area (Å²) in [4.78, 5) is 0. The molecule has 1 aromatic rings. The number of nitrogens with one attached hydrogen (secondary N) is 1. The first kappa shape index (κ1) is 17.7.